The molecule has 6 nitrogen and oxygen atoms in total. The molecule has 3 aromatic carbocycles. The molecule has 0 amide bonds. The van der Waals surface area contributed by atoms with Crippen molar-refractivity contribution in [3.8, 4) is 17.2 Å². The van der Waals surface area contributed by atoms with E-state index in [1.807, 2.05) is 72.8 Å². The van der Waals surface area contributed by atoms with Crippen molar-refractivity contribution in [1.82, 2.24) is 0 Å². The number of rotatable bonds is 28. The van der Waals surface area contributed by atoms with Crippen LogP contribution in [0.2, 0.25) is 0 Å². The lowest BCUT2D eigenvalue weighted by atomic mass is 10.1. The Balaban J connectivity index is 1.80. The Labute approximate surface area is 304 Å². The molecule has 7 heteroatoms. The van der Waals surface area contributed by atoms with Gasteiger partial charge in [0.05, 0.1) is 19.8 Å². The summed E-state index contributed by atoms with van der Waals surface area (Å²) in [5.41, 5.74) is 0. The normalized spacial score (nSPS) is 11.7. The molecule has 0 fully saturated rings. The maximum atomic E-state index is 12.5. The Kier molecular flexibility index (Phi) is 20.4. The molecule has 0 aliphatic rings. The van der Waals surface area contributed by atoms with E-state index in [-0.39, 0.29) is 0 Å². The van der Waals surface area contributed by atoms with Crippen molar-refractivity contribution in [2.45, 2.75) is 151 Å². The van der Waals surface area contributed by atoms with Crippen molar-refractivity contribution in [1.29, 1.82) is 0 Å². The van der Waals surface area contributed by atoms with E-state index >= 15 is 0 Å². The Morgan fingerprint density at radius 2 is 0.700 bits per heavy atom. The van der Waals surface area contributed by atoms with Crippen molar-refractivity contribution >= 4 is 16.5 Å². The number of ether oxygens (including phenoxy) is 3. The minimum Gasteiger partial charge on any atom is -0.494 e. The molecule has 278 valence electrons. The van der Waals surface area contributed by atoms with Gasteiger partial charge in [-0.1, -0.05) is 117 Å². The van der Waals surface area contributed by atoms with Crippen LogP contribution in [0, 0.1) is 0 Å². The standard InChI is InChI=1S/C43H64O6S/c1-4-7-10-13-16-19-34-46-37-22-28-40(29-23-37)50(49-43(44)45,41-30-24-38(25-31-41)47-35-20-17-14-11-8-5-2)42-32-26-39(27-33-42)48-36-21-18-15-12-9-6-3/h22-33H,4-21,34-36H2,1-3H3,(H,44,45). The fourth-order valence-electron chi connectivity index (χ4n) is 6.06. The Hall–Kier alpha value is -3.32. The summed E-state index contributed by atoms with van der Waals surface area (Å²) in [5, 5.41) is 10.2. The molecule has 50 heavy (non-hydrogen) atoms. The molecule has 0 aliphatic carbocycles. The first-order valence-electron chi connectivity index (χ1n) is 19.5. The highest BCUT2D eigenvalue weighted by Gasteiger charge is 2.36. The number of carbonyl (C=O) groups is 1. The summed E-state index contributed by atoms with van der Waals surface area (Å²) < 4.78 is 24.2. The highest BCUT2D eigenvalue weighted by Crippen LogP contribution is 2.69. The maximum Gasteiger partial charge on any atom is 0.517 e. The summed E-state index contributed by atoms with van der Waals surface area (Å²) in [6.45, 7) is 8.68. The van der Waals surface area contributed by atoms with E-state index in [1.54, 1.807) is 0 Å². The van der Waals surface area contributed by atoms with Gasteiger partial charge >= 0.3 is 6.16 Å². The van der Waals surface area contributed by atoms with Gasteiger partial charge in [0.1, 0.15) is 17.2 Å². The summed E-state index contributed by atoms with van der Waals surface area (Å²) in [7, 11) is -2.66. The topological polar surface area (TPSA) is 74.2 Å². The largest absolute Gasteiger partial charge is 0.517 e. The number of benzene rings is 3. The summed E-state index contributed by atoms with van der Waals surface area (Å²) in [6, 6.07) is 23.2. The average molecular weight is 709 g/mol. The fraction of sp³-hybridized carbons (Fsp3) is 0.558. The molecule has 0 aliphatic heterocycles. The molecule has 0 radical (unpaired) electrons. The minimum absolute atomic E-state index is 0.662. The summed E-state index contributed by atoms with van der Waals surface area (Å²) in [4.78, 5) is 14.8. The summed E-state index contributed by atoms with van der Waals surface area (Å²) in [6.07, 6.45) is 20.3. The van der Waals surface area contributed by atoms with E-state index in [9.17, 15) is 9.90 Å². The smallest absolute Gasteiger partial charge is 0.494 e. The maximum absolute atomic E-state index is 12.5. The molecule has 0 bridgehead atoms. The van der Waals surface area contributed by atoms with Gasteiger partial charge in [0.15, 0.2) is 0 Å². The zero-order valence-electron chi connectivity index (χ0n) is 31.2. The summed E-state index contributed by atoms with van der Waals surface area (Å²) in [5.74, 6) is 2.30. The van der Waals surface area contributed by atoms with Crippen LogP contribution in [0.15, 0.2) is 87.5 Å². The van der Waals surface area contributed by atoms with Crippen LogP contribution in [0.4, 0.5) is 4.79 Å². The third-order valence-electron chi connectivity index (χ3n) is 8.96. The van der Waals surface area contributed by atoms with Crippen molar-refractivity contribution in [2.24, 2.45) is 0 Å². The van der Waals surface area contributed by atoms with Crippen molar-refractivity contribution in [3.63, 3.8) is 0 Å². The number of hydrogen-bond donors (Lipinski definition) is 1. The minimum atomic E-state index is -2.66. The van der Waals surface area contributed by atoms with Gasteiger partial charge in [-0.2, -0.15) is 0 Å². The van der Waals surface area contributed by atoms with Gasteiger partial charge in [-0.05, 0) is 102 Å². The monoisotopic (exact) mass is 708 g/mol. The predicted octanol–water partition coefficient (Wildman–Crippen LogP) is 13.8. The van der Waals surface area contributed by atoms with E-state index in [4.69, 9.17) is 18.4 Å². The second-order valence-corrected chi connectivity index (χ2v) is 15.9. The zero-order valence-corrected chi connectivity index (χ0v) is 32.0. The van der Waals surface area contributed by atoms with Crippen LogP contribution in [0.5, 0.6) is 17.2 Å². The molecular weight excluding hydrogens is 645 g/mol. The van der Waals surface area contributed by atoms with E-state index in [0.29, 0.717) is 19.8 Å². The lowest BCUT2D eigenvalue weighted by molar-refractivity contribution is 0.150. The number of carboxylic acid groups (broad SMARTS) is 1. The van der Waals surface area contributed by atoms with Crippen LogP contribution in [0.25, 0.3) is 0 Å². The quantitative estimate of drug-likeness (QED) is 0.0757. The highest BCUT2D eigenvalue weighted by atomic mass is 32.3. The van der Waals surface area contributed by atoms with Crippen LogP contribution < -0.4 is 14.2 Å². The Bertz CT molecular complexity index is 1140. The molecule has 3 aromatic rings. The second-order valence-electron chi connectivity index (χ2n) is 13.2. The highest BCUT2D eigenvalue weighted by molar-refractivity contribution is 8.30. The van der Waals surface area contributed by atoms with E-state index < -0.39 is 16.5 Å². The van der Waals surface area contributed by atoms with Gasteiger partial charge in [-0.15, -0.1) is 0 Å². The van der Waals surface area contributed by atoms with Crippen LogP contribution >= 0.6 is 10.3 Å². The first-order chi connectivity index (χ1) is 24.5. The van der Waals surface area contributed by atoms with Gasteiger partial charge in [0, 0.05) is 14.7 Å². The molecule has 1 N–H and O–H groups in total. The Morgan fingerprint density at radius 1 is 0.440 bits per heavy atom. The van der Waals surface area contributed by atoms with E-state index in [2.05, 4.69) is 20.8 Å². The molecule has 0 atom stereocenters. The van der Waals surface area contributed by atoms with Crippen molar-refractivity contribution in [3.05, 3.63) is 72.8 Å². The van der Waals surface area contributed by atoms with Crippen LogP contribution in [0.3, 0.4) is 0 Å². The first kappa shape index (κ1) is 41.1. The van der Waals surface area contributed by atoms with Gasteiger partial charge in [-0.25, -0.2) is 4.79 Å². The van der Waals surface area contributed by atoms with Gasteiger partial charge in [0.2, 0.25) is 0 Å². The number of hydrogen-bond acceptors (Lipinski definition) is 5. The SMILES string of the molecule is CCCCCCCCOc1ccc(S(OC(=O)O)(c2ccc(OCCCCCCCC)cc2)c2ccc(OCCCCCCCC)cc2)cc1. The molecular formula is C43H64O6S. The molecule has 0 heterocycles. The van der Waals surface area contributed by atoms with Crippen LogP contribution in [0.1, 0.15) is 136 Å². The molecule has 0 spiro atoms. The zero-order chi connectivity index (χ0) is 35.7. The lowest BCUT2D eigenvalue weighted by Gasteiger charge is -2.38. The fourth-order valence-corrected chi connectivity index (χ4v) is 8.94. The lowest BCUT2D eigenvalue weighted by Crippen LogP contribution is -2.12. The van der Waals surface area contributed by atoms with E-state index in [0.717, 1.165) is 70.5 Å². The van der Waals surface area contributed by atoms with Crippen LogP contribution in [-0.2, 0) is 4.18 Å². The number of unbranched alkanes of at least 4 members (excludes halogenated alkanes) is 15. The Morgan fingerprint density at radius 3 is 0.960 bits per heavy atom. The summed E-state index contributed by atoms with van der Waals surface area (Å²) >= 11 is 0. The molecule has 0 saturated heterocycles. The van der Waals surface area contributed by atoms with Gasteiger partial charge in [-0.3, -0.25) is 0 Å². The molecule has 0 unspecified atom stereocenters. The van der Waals surface area contributed by atoms with E-state index in [1.165, 1.54) is 77.0 Å². The van der Waals surface area contributed by atoms with Crippen molar-refractivity contribution < 1.29 is 28.3 Å². The van der Waals surface area contributed by atoms with Gasteiger partial charge in [0.25, 0.3) is 0 Å². The molecule has 0 aromatic heterocycles. The second kappa shape index (κ2) is 24.8. The average Bonchev–Trinajstić information content (AvgIpc) is 3.13. The van der Waals surface area contributed by atoms with Crippen LogP contribution in [-0.4, -0.2) is 31.1 Å². The third-order valence-corrected chi connectivity index (χ3v) is 12.2. The predicted molar refractivity (Wildman–Crippen MR) is 207 cm³/mol. The van der Waals surface area contributed by atoms with Crippen molar-refractivity contribution in [2.75, 3.05) is 19.8 Å². The molecule has 0 saturated carbocycles. The third kappa shape index (κ3) is 14.5. The van der Waals surface area contributed by atoms with Gasteiger partial charge < -0.3 is 23.5 Å². The molecule has 3 rings (SSSR count). The first-order valence-corrected chi connectivity index (χ1v) is 21.0.